The highest BCUT2D eigenvalue weighted by molar-refractivity contribution is 5.87. The van der Waals surface area contributed by atoms with Gasteiger partial charge < -0.3 is 5.73 Å². The molecule has 2 N–H and O–H groups in total. The predicted molar refractivity (Wildman–Crippen MR) is 75.2 cm³/mol. The largest absolute Gasteiger partial charge is 0.399 e. The van der Waals surface area contributed by atoms with Gasteiger partial charge in [0, 0.05) is 17.3 Å². The van der Waals surface area contributed by atoms with Crippen LogP contribution in [0.15, 0.2) is 36.8 Å². The van der Waals surface area contributed by atoms with E-state index in [1.165, 1.54) is 0 Å². The average Bonchev–Trinajstić information content (AvgIpc) is 2.87. The number of nitrogen functional groups attached to an aromatic ring is 1. The van der Waals surface area contributed by atoms with Crippen LogP contribution in [-0.4, -0.2) is 19.7 Å². The number of benzene rings is 1. The number of nitrogens with zero attached hydrogens (tertiary/aromatic N) is 4. The molecule has 0 amide bonds. The molecular formula is C14H15N5. The van der Waals surface area contributed by atoms with Crippen molar-refractivity contribution in [2.75, 3.05) is 5.73 Å². The van der Waals surface area contributed by atoms with E-state index in [2.05, 4.69) is 28.9 Å². The number of aromatic nitrogens is 4. The number of hydrogen-bond acceptors (Lipinski definition) is 4. The number of fused-ring (bicyclic) bond motifs is 1. The van der Waals surface area contributed by atoms with Gasteiger partial charge in [-0.25, -0.2) is 14.6 Å². The second-order valence-electron chi connectivity index (χ2n) is 4.81. The van der Waals surface area contributed by atoms with E-state index in [1.54, 1.807) is 11.0 Å². The molecule has 0 saturated heterocycles. The van der Waals surface area contributed by atoms with Crippen molar-refractivity contribution in [3.8, 4) is 5.82 Å². The molecule has 0 radical (unpaired) electrons. The highest BCUT2D eigenvalue weighted by atomic mass is 15.3. The fraction of sp³-hybridized carbons (Fsp3) is 0.214. The Balaban J connectivity index is 2.20. The monoisotopic (exact) mass is 253 g/mol. The number of nitrogens with two attached hydrogens (primary N) is 1. The topological polar surface area (TPSA) is 69.6 Å². The molecule has 0 saturated carbocycles. The lowest BCUT2D eigenvalue weighted by Gasteiger charge is -2.06. The molecule has 0 spiro atoms. The summed E-state index contributed by atoms with van der Waals surface area (Å²) in [6.45, 7) is 4.23. The van der Waals surface area contributed by atoms with Gasteiger partial charge in [-0.15, -0.1) is 0 Å². The average molecular weight is 253 g/mol. The Bertz CT molecular complexity index is 730. The zero-order chi connectivity index (χ0) is 13.4. The smallest absolute Gasteiger partial charge is 0.164 e. The highest BCUT2D eigenvalue weighted by Gasteiger charge is 2.09. The number of hydrogen-bond donors (Lipinski definition) is 1. The van der Waals surface area contributed by atoms with Crippen LogP contribution in [0.1, 0.15) is 25.5 Å². The summed E-state index contributed by atoms with van der Waals surface area (Å²) in [6, 6.07) is 7.61. The lowest BCUT2D eigenvalue weighted by atomic mass is 10.1. The van der Waals surface area contributed by atoms with Crippen LogP contribution in [0.3, 0.4) is 0 Å². The first-order valence-electron chi connectivity index (χ1n) is 6.21. The van der Waals surface area contributed by atoms with Gasteiger partial charge in [-0.05, 0) is 30.2 Å². The lowest BCUT2D eigenvalue weighted by Crippen LogP contribution is -2.02. The van der Waals surface area contributed by atoms with Crippen LogP contribution in [0.2, 0.25) is 0 Å². The molecule has 19 heavy (non-hydrogen) atoms. The molecule has 1 aromatic carbocycles. The summed E-state index contributed by atoms with van der Waals surface area (Å²) in [4.78, 5) is 8.57. The predicted octanol–water partition coefficient (Wildman–Crippen LogP) is 2.52. The van der Waals surface area contributed by atoms with E-state index in [0.717, 1.165) is 22.4 Å². The van der Waals surface area contributed by atoms with Gasteiger partial charge in [-0.3, -0.25) is 0 Å². The summed E-state index contributed by atoms with van der Waals surface area (Å²) < 4.78 is 1.78. The lowest BCUT2D eigenvalue weighted by molar-refractivity contribution is 0.760. The molecule has 2 heterocycles. The normalized spacial score (nSPS) is 11.3. The third kappa shape index (κ3) is 2.03. The van der Waals surface area contributed by atoms with Gasteiger partial charge in [0.05, 0.1) is 11.2 Å². The molecule has 5 nitrogen and oxygen atoms in total. The first kappa shape index (κ1) is 11.6. The van der Waals surface area contributed by atoms with Crippen LogP contribution in [0.5, 0.6) is 0 Å². The molecule has 0 bridgehead atoms. The van der Waals surface area contributed by atoms with Crippen molar-refractivity contribution < 1.29 is 0 Å². The Labute approximate surface area is 111 Å². The molecule has 0 atom stereocenters. The van der Waals surface area contributed by atoms with Crippen molar-refractivity contribution in [1.82, 2.24) is 19.7 Å². The summed E-state index contributed by atoms with van der Waals surface area (Å²) in [6.07, 6.45) is 3.46. The zero-order valence-electron chi connectivity index (χ0n) is 10.9. The van der Waals surface area contributed by atoms with Crippen LogP contribution < -0.4 is 5.73 Å². The van der Waals surface area contributed by atoms with E-state index < -0.39 is 0 Å². The Morgan fingerprint density at radius 3 is 2.74 bits per heavy atom. The highest BCUT2D eigenvalue weighted by Crippen LogP contribution is 2.21. The Morgan fingerprint density at radius 1 is 1.16 bits per heavy atom. The van der Waals surface area contributed by atoms with E-state index in [1.807, 2.05) is 30.5 Å². The van der Waals surface area contributed by atoms with Gasteiger partial charge in [0.25, 0.3) is 0 Å². The molecule has 96 valence electrons. The second-order valence-corrected chi connectivity index (χ2v) is 4.81. The van der Waals surface area contributed by atoms with Gasteiger partial charge in [-0.1, -0.05) is 13.8 Å². The van der Waals surface area contributed by atoms with E-state index in [9.17, 15) is 0 Å². The number of anilines is 1. The number of rotatable bonds is 2. The molecule has 2 aromatic heterocycles. The van der Waals surface area contributed by atoms with Crippen molar-refractivity contribution >= 4 is 16.6 Å². The van der Waals surface area contributed by atoms with Gasteiger partial charge in [0.15, 0.2) is 5.82 Å². The van der Waals surface area contributed by atoms with Gasteiger partial charge in [0.2, 0.25) is 0 Å². The Kier molecular flexibility index (Phi) is 2.67. The van der Waals surface area contributed by atoms with Crippen molar-refractivity contribution in [1.29, 1.82) is 0 Å². The fourth-order valence-corrected chi connectivity index (χ4v) is 2.01. The van der Waals surface area contributed by atoms with Crippen LogP contribution in [0, 0.1) is 0 Å². The minimum absolute atomic E-state index is 0.388. The van der Waals surface area contributed by atoms with E-state index in [0.29, 0.717) is 11.6 Å². The van der Waals surface area contributed by atoms with Crippen molar-refractivity contribution in [3.63, 3.8) is 0 Å². The van der Waals surface area contributed by atoms with Crippen molar-refractivity contribution in [2.45, 2.75) is 19.8 Å². The third-order valence-corrected chi connectivity index (χ3v) is 3.06. The first-order valence-corrected chi connectivity index (χ1v) is 6.21. The standard InChI is InChI=1S/C14H15N5/c1-9(2)12-5-6-19(18-12)14-11-7-10(15)3-4-13(11)16-8-17-14/h3-9H,15H2,1-2H3. The summed E-state index contributed by atoms with van der Waals surface area (Å²) in [5.74, 6) is 1.14. The molecule has 0 unspecified atom stereocenters. The molecule has 3 rings (SSSR count). The Morgan fingerprint density at radius 2 is 2.00 bits per heavy atom. The maximum absolute atomic E-state index is 5.84. The molecule has 0 aliphatic carbocycles. The third-order valence-electron chi connectivity index (χ3n) is 3.06. The van der Waals surface area contributed by atoms with Gasteiger partial charge in [-0.2, -0.15) is 5.10 Å². The second kappa shape index (κ2) is 4.35. The van der Waals surface area contributed by atoms with Crippen LogP contribution in [0.4, 0.5) is 5.69 Å². The molecule has 0 fully saturated rings. The molecule has 5 heteroatoms. The van der Waals surface area contributed by atoms with Crippen molar-refractivity contribution in [3.05, 3.63) is 42.5 Å². The Hall–Kier alpha value is -2.43. The zero-order valence-corrected chi connectivity index (χ0v) is 10.9. The van der Waals surface area contributed by atoms with E-state index in [4.69, 9.17) is 5.73 Å². The quantitative estimate of drug-likeness (QED) is 0.712. The van der Waals surface area contributed by atoms with E-state index >= 15 is 0 Å². The fourth-order valence-electron chi connectivity index (χ4n) is 2.01. The molecule has 0 aliphatic rings. The van der Waals surface area contributed by atoms with Crippen molar-refractivity contribution in [2.24, 2.45) is 0 Å². The summed E-state index contributed by atoms with van der Waals surface area (Å²) in [7, 11) is 0. The van der Waals surface area contributed by atoms with E-state index in [-0.39, 0.29) is 0 Å². The van der Waals surface area contributed by atoms with Crippen LogP contribution in [-0.2, 0) is 0 Å². The van der Waals surface area contributed by atoms with Gasteiger partial charge >= 0.3 is 0 Å². The molecular weight excluding hydrogens is 238 g/mol. The molecule has 0 aliphatic heterocycles. The minimum Gasteiger partial charge on any atom is -0.399 e. The minimum atomic E-state index is 0.388. The maximum Gasteiger partial charge on any atom is 0.164 e. The van der Waals surface area contributed by atoms with Crippen LogP contribution in [0.25, 0.3) is 16.7 Å². The maximum atomic E-state index is 5.84. The first-order chi connectivity index (χ1) is 9.15. The SMILES string of the molecule is CC(C)c1ccn(-c2ncnc3ccc(N)cc23)n1. The summed E-state index contributed by atoms with van der Waals surface area (Å²) in [5.41, 5.74) is 8.43. The van der Waals surface area contributed by atoms with Gasteiger partial charge in [0.1, 0.15) is 6.33 Å². The molecule has 3 aromatic rings. The summed E-state index contributed by atoms with van der Waals surface area (Å²) >= 11 is 0. The van der Waals surface area contributed by atoms with Crippen LogP contribution >= 0.6 is 0 Å². The summed E-state index contributed by atoms with van der Waals surface area (Å²) in [5, 5.41) is 5.45.